The monoisotopic (exact) mass is 631 g/mol. The van der Waals surface area contributed by atoms with E-state index in [0.29, 0.717) is 56.2 Å². The van der Waals surface area contributed by atoms with Crippen molar-refractivity contribution < 1.29 is 29.0 Å². The van der Waals surface area contributed by atoms with Crippen LogP contribution >= 0.6 is 34.8 Å². The van der Waals surface area contributed by atoms with E-state index in [1.165, 1.54) is 0 Å². The number of ether oxygens (including phenoxy) is 2. The van der Waals surface area contributed by atoms with E-state index in [0.717, 1.165) is 29.7 Å². The van der Waals surface area contributed by atoms with Crippen LogP contribution in [0.1, 0.15) is 62.3 Å². The second kappa shape index (κ2) is 12.3. The summed E-state index contributed by atoms with van der Waals surface area (Å²) in [6, 6.07) is 10.5. The lowest BCUT2D eigenvalue weighted by atomic mass is 9.64. The predicted octanol–water partition coefficient (Wildman–Crippen LogP) is 8.55. The molecule has 2 aliphatic carbocycles. The summed E-state index contributed by atoms with van der Waals surface area (Å²) in [5, 5.41) is 26.5. The van der Waals surface area contributed by atoms with Gasteiger partial charge in [0.15, 0.2) is 0 Å². The van der Waals surface area contributed by atoms with Crippen molar-refractivity contribution in [2.45, 2.75) is 57.7 Å². The molecule has 222 valence electrons. The number of methoxy groups -OCH3 is 1. The van der Waals surface area contributed by atoms with E-state index in [4.69, 9.17) is 48.8 Å². The van der Waals surface area contributed by atoms with Crippen molar-refractivity contribution in [1.29, 1.82) is 0 Å². The molecular formula is C32H32Cl3NO6. The minimum Gasteiger partial charge on any atom is -0.497 e. The lowest BCUT2D eigenvalue weighted by Crippen LogP contribution is -2.42. The molecule has 1 aromatic heterocycles. The van der Waals surface area contributed by atoms with Gasteiger partial charge in [0.1, 0.15) is 29.6 Å². The Hall–Kier alpha value is -2.97. The average Bonchev–Trinajstić information content (AvgIpc) is 3.70. The molecule has 2 fully saturated rings. The van der Waals surface area contributed by atoms with Crippen molar-refractivity contribution in [2.75, 3.05) is 7.11 Å². The van der Waals surface area contributed by atoms with Crippen LogP contribution < -0.4 is 4.74 Å². The molecule has 0 saturated heterocycles. The standard InChI is InChI=1S/C32H32Cl3NO6/c1-4-27(40-3)21(12-17(2)31(37)38)19-14-32(39,15-19)23-11-10-20(13-26(23)35)41-16-22-29(36-42-30(22)18-8-9-18)28-24(33)6-5-7-25(28)34/h4-7,10-13,17-19,39H,8-9,14-16H2,1-3H3,(H,37,38)/b21-12-,27-4+/t17?,19-,32+. The van der Waals surface area contributed by atoms with Crippen molar-refractivity contribution in [3.8, 4) is 17.0 Å². The molecule has 2 N–H and O–H groups in total. The highest BCUT2D eigenvalue weighted by Crippen LogP contribution is 2.52. The highest BCUT2D eigenvalue weighted by Gasteiger charge is 2.47. The van der Waals surface area contributed by atoms with E-state index in [1.54, 1.807) is 62.6 Å². The van der Waals surface area contributed by atoms with E-state index in [1.807, 2.05) is 6.92 Å². The molecule has 0 amide bonds. The van der Waals surface area contributed by atoms with Crippen LogP contribution in [0.4, 0.5) is 0 Å². The zero-order chi connectivity index (χ0) is 30.2. The molecule has 7 nitrogen and oxygen atoms in total. The Morgan fingerprint density at radius 3 is 2.43 bits per heavy atom. The lowest BCUT2D eigenvalue weighted by Gasteiger charge is -2.45. The molecule has 5 rings (SSSR count). The number of hydrogen-bond acceptors (Lipinski definition) is 6. The van der Waals surface area contributed by atoms with Gasteiger partial charge in [-0.15, -0.1) is 0 Å². The van der Waals surface area contributed by atoms with Gasteiger partial charge in [-0.1, -0.05) is 58.2 Å². The molecule has 0 spiro atoms. The van der Waals surface area contributed by atoms with Crippen molar-refractivity contribution >= 4 is 40.8 Å². The van der Waals surface area contributed by atoms with Crippen molar-refractivity contribution in [1.82, 2.24) is 5.16 Å². The van der Waals surface area contributed by atoms with Crippen LogP contribution in [0.2, 0.25) is 15.1 Å². The molecule has 0 radical (unpaired) electrons. The van der Waals surface area contributed by atoms with Gasteiger partial charge in [-0.25, -0.2) is 0 Å². The number of allylic oxidation sites excluding steroid dienone is 2. The fourth-order valence-corrected chi connectivity index (χ4v) is 6.45. The third-order valence-corrected chi connectivity index (χ3v) is 8.93. The quantitative estimate of drug-likeness (QED) is 0.161. The predicted molar refractivity (Wildman–Crippen MR) is 162 cm³/mol. The number of carboxylic acid groups (broad SMARTS) is 1. The fourth-order valence-electron chi connectivity index (χ4n) is 5.52. The van der Waals surface area contributed by atoms with Gasteiger partial charge in [-0.2, -0.15) is 0 Å². The van der Waals surface area contributed by atoms with E-state index < -0.39 is 17.5 Å². The van der Waals surface area contributed by atoms with E-state index >= 15 is 0 Å². The minimum absolute atomic E-state index is 0.0839. The number of halogens is 3. The number of rotatable bonds is 11. The largest absolute Gasteiger partial charge is 0.497 e. The normalized spacial score (nSPS) is 21.5. The van der Waals surface area contributed by atoms with Crippen LogP contribution in [0.25, 0.3) is 11.3 Å². The van der Waals surface area contributed by atoms with Gasteiger partial charge in [0.2, 0.25) is 0 Å². The number of carboxylic acids is 1. The first-order valence-corrected chi connectivity index (χ1v) is 14.9. The number of benzene rings is 2. The van der Waals surface area contributed by atoms with Crippen LogP contribution in [0, 0.1) is 11.8 Å². The Balaban J connectivity index is 1.34. The second-order valence-corrected chi connectivity index (χ2v) is 12.1. The van der Waals surface area contributed by atoms with Gasteiger partial charge >= 0.3 is 5.97 Å². The van der Waals surface area contributed by atoms with Crippen LogP contribution in [-0.4, -0.2) is 28.4 Å². The maximum absolute atomic E-state index is 11.5. The van der Waals surface area contributed by atoms with E-state index in [9.17, 15) is 15.0 Å². The smallest absolute Gasteiger partial charge is 0.310 e. The number of carbonyl (C=O) groups is 1. The Labute approximate surface area is 259 Å². The molecule has 1 heterocycles. The number of aliphatic hydroxyl groups is 1. The molecule has 0 aliphatic heterocycles. The molecule has 1 atom stereocenters. The number of nitrogens with zero attached hydrogens (tertiary/aromatic N) is 1. The second-order valence-electron chi connectivity index (χ2n) is 10.9. The van der Waals surface area contributed by atoms with Gasteiger partial charge in [-0.3, -0.25) is 4.79 Å². The van der Waals surface area contributed by atoms with Crippen molar-refractivity contribution in [3.05, 3.63) is 91.8 Å². The Morgan fingerprint density at radius 2 is 1.86 bits per heavy atom. The molecule has 3 aromatic rings. The van der Waals surface area contributed by atoms with Gasteiger partial charge in [0, 0.05) is 17.0 Å². The maximum Gasteiger partial charge on any atom is 0.310 e. The van der Waals surface area contributed by atoms with Crippen LogP contribution in [-0.2, 0) is 21.7 Å². The summed E-state index contributed by atoms with van der Waals surface area (Å²) in [4.78, 5) is 11.5. The molecule has 2 aliphatic rings. The third kappa shape index (κ3) is 6.06. The molecule has 2 aromatic carbocycles. The van der Waals surface area contributed by atoms with Crippen LogP contribution in [0.5, 0.6) is 5.75 Å². The SMILES string of the molecule is C/C=C(OC)\C(=C/C(C)C(=O)O)[C@H]1C[C@](O)(c2ccc(OCc3c(-c4c(Cl)cccc4Cl)noc3C3CC3)cc2Cl)C1. The Morgan fingerprint density at radius 1 is 1.17 bits per heavy atom. The first-order valence-electron chi connectivity index (χ1n) is 13.8. The van der Waals surface area contributed by atoms with E-state index in [-0.39, 0.29) is 18.4 Å². The molecule has 1 unspecified atom stereocenters. The lowest BCUT2D eigenvalue weighted by molar-refractivity contribution is -0.139. The molecule has 10 heteroatoms. The summed E-state index contributed by atoms with van der Waals surface area (Å²) in [7, 11) is 1.55. The third-order valence-electron chi connectivity index (χ3n) is 7.99. The first kappa shape index (κ1) is 30.5. The summed E-state index contributed by atoms with van der Waals surface area (Å²) in [6.45, 7) is 3.62. The van der Waals surface area contributed by atoms with Crippen molar-refractivity contribution in [2.24, 2.45) is 11.8 Å². The van der Waals surface area contributed by atoms with Crippen molar-refractivity contribution in [3.63, 3.8) is 0 Å². The fraction of sp³-hybridized carbons (Fsp3) is 0.375. The molecular weight excluding hydrogens is 601 g/mol. The summed E-state index contributed by atoms with van der Waals surface area (Å²) in [5.41, 5.74) is 2.14. The van der Waals surface area contributed by atoms with Crippen LogP contribution in [0.3, 0.4) is 0 Å². The highest BCUT2D eigenvalue weighted by atomic mass is 35.5. The van der Waals surface area contributed by atoms with Gasteiger partial charge < -0.3 is 24.2 Å². The van der Waals surface area contributed by atoms with Gasteiger partial charge in [0.25, 0.3) is 0 Å². The zero-order valence-electron chi connectivity index (χ0n) is 23.5. The van der Waals surface area contributed by atoms with Crippen LogP contribution in [0.15, 0.2) is 64.4 Å². The summed E-state index contributed by atoms with van der Waals surface area (Å²) >= 11 is 19.6. The van der Waals surface area contributed by atoms with E-state index in [2.05, 4.69) is 5.16 Å². The maximum atomic E-state index is 11.5. The average molecular weight is 633 g/mol. The topological polar surface area (TPSA) is 102 Å². The molecule has 0 bridgehead atoms. The van der Waals surface area contributed by atoms with Gasteiger partial charge in [0.05, 0.1) is 39.3 Å². The summed E-state index contributed by atoms with van der Waals surface area (Å²) < 4.78 is 17.4. The number of aromatic nitrogens is 1. The minimum atomic E-state index is -1.17. The molecule has 2 saturated carbocycles. The summed E-state index contributed by atoms with van der Waals surface area (Å²) in [6.07, 6.45) is 6.27. The molecule has 42 heavy (non-hydrogen) atoms. The Kier molecular flexibility index (Phi) is 8.95. The highest BCUT2D eigenvalue weighted by molar-refractivity contribution is 6.39. The number of aliphatic carboxylic acids is 1. The Bertz CT molecular complexity index is 1530. The first-order chi connectivity index (χ1) is 20.1. The zero-order valence-corrected chi connectivity index (χ0v) is 25.8. The summed E-state index contributed by atoms with van der Waals surface area (Å²) in [5.74, 6) is 0.478. The van der Waals surface area contributed by atoms with Gasteiger partial charge in [-0.05, 0) is 81.4 Å². The number of hydrogen-bond donors (Lipinski definition) is 2.